The molecule has 11 heavy (non-hydrogen) atoms. The number of rotatable bonds is 3. The molecule has 0 aliphatic carbocycles. The smallest absolute Gasteiger partial charge is 0.389 e. The molecule has 0 fully saturated rings. The number of benzene rings is 1. The molecule has 0 amide bonds. The van der Waals surface area contributed by atoms with Gasteiger partial charge in [0.2, 0.25) is 0 Å². The van der Waals surface area contributed by atoms with Crippen LogP contribution in [0.5, 0.6) is 0 Å². The van der Waals surface area contributed by atoms with Crippen LogP contribution in [0.15, 0.2) is 30.3 Å². The van der Waals surface area contributed by atoms with Gasteiger partial charge in [-0.05, 0) is 24.4 Å². The fourth-order valence-corrected chi connectivity index (χ4v) is 1.37. The highest BCUT2D eigenvalue weighted by Gasteiger charge is 2.16. The summed E-state index contributed by atoms with van der Waals surface area (Å²) < 4.78 is 9.92. The zero-order chi connectivity index (χ0) is 8.10. The Labute approximate surface area is 71.4 Å². The Morgan fingerprint density at radius 2 is 1.55 bits per heavy atom. The van der Waals surface area contributed by atoms with Gasteiger partial charge in [-0.15, -0.1) is 0 Å². The second kappa shape index (κ2) is 4.85. The van der Waals surface area contributed by atoms with E-state index in [-0.39, 0.29) is 7.12 Å². The lowest BCUT2D eigenvalue weighted by molar-refractivity contribution is 0.521. The van der Waals surface area contributed by atoms with Crippen molar-refractivity contribution in [3.63, 3.8) is 0 Å². The molecule has 0 bridgehead atoms. The molecular formula is C6H9BO2P2. The lowest BCUT2D eigenvalue weighted by Crippen LogP contribution is -2.30. The standard InChI is InChI=1S/C6H9BO2P2/c10-8-7(9-11)6-4-2-1-3-5-6/h1-5H,10-11H2. The molecule has 0 aliphatic heterocycles. The van der Waals surface area contributed by atoms with E-state index in [4.69, 9.17) is 8.88 Å². The fraction of sp³-hybridized carbons (Fsp3) is 0. The fourth-order valence-electron chi connectivity index (χ4n) is 0.799. The topological polar surface area (TPSA) is 18.5 Å². The van der Waals surface area contributed by atoms with Crippen molar-refractivity contribution in [2.75, 3.05) is 0 Å². The average molecular weight is 186 g/mol. The highest BCUT2D eigenvalue weighted by molar-refractivity contribution is 7.16. The molecule has 0 saturated carbocycles. The molecular weight excluding hydrogens is 177 g/mol. The van der Waals surface area contributed by atoms with Gasteiger partial charge in [-0.3, -0.25) is 0 Å². The molecule has 2 atom stereocenters. The highest BCUT2D eigenvalue weighted by atomic mass is 31.0. The zero-order valence-electron chi connectivity index (χ0n) is 5.94. The van der Waals surface area contributed by atoms with Gasteiger partial charge in [-0.2, -0.15) is 0 Å². The van der Waals surface area contributed by atoms with Crippen molar-refractivity contribution in [3.05, 3.63) is 30.3 Å². The summed E-state index contributed by atoms with van der Waals surface area (Å²) in [6.07, 6.45) is 0. The van der Waals surface area contributed by atoms with E-state index < -0.39 is 0 Å². The molecule has 2 unspecified atom stereocenters. The van der Waals surface area contributed by atoms with E-state index in [1.807, 2.05) is 30.3 Å². The molecule has 2 nitrogen and oxygen atoms in total. The van der Waals surface area contributed by atoms with Crippen LogP contribution in [-0.4, -0.2) is 7.12 Å². The molecule has 0 aliphatic rings. The Bertz CT molecular complexity index is 203. The molecule has 1 rings (SSSR count). The quantitative estimate of drug-likeness (QED) is 0.517. The third kappa shape index (κ3) is 2.54. The third-order valence-electron chi connectivity index (χ3n) is 1.32. The van der Waals surface area contributed by atoms with Crippen LogP contribution < -0.4 is 5.46 Å². The van der Waals surface area contributed by atoms with Crippen LogP contribution in [0.25, 0.3) is 0 Å². The van der Waals surface area contributed by atoms with E-state index in [0.29, 0.717) is 0 Å². The minimum Gasteiger partial charge on any atom is -0.389 e. The molecule has 0 aromatic heterocycles. The summed E-state index contributed by atoms with van der Waals surface area (Å²) in [6.45, 7) is 0. The summed E-state index contributed by atoms with van der Waals surface area (Å²) in [5.74, 6) is 0. The van der Waals surface area contributed by atoms with Crippen LogP contribution in [0.1, 0.15) is 0 Å². The first-order valence-corrected chi connectivity index (χ1v) is 4.08. The second-order valence-electron chi connectivity index (χ2n) is 2.01. The van der Waals surface area contributed by atoms with Gasteiger partial charge in [0.05, 0.1) is 0 Å². The number of hydrogen-bond acceptors (Lipinski definition) is 2. The van der Waals surface area contributed by atoms with Gasteiger partial charge >= 0.3 is 7.12 Å². The Balaban J connectivity index is 2.74. The van der Waals surface area contributed by atoms with Crippen molar-refractivity contribution >= 4 is 31.5 Å². The molecule has 5 heteroatoms. The van der Waals surface area contributed by atoms with Crippen molar-refractivity contribution in [1.82, 2.24) is 0 Å². The Morgan fingerprint density at radius 3 is 2.00 bits per heavy atom. The van der Waals surface area contributed by atoms with Gasteiger partial charge in [-0.25, -0.2) is 0 Å². The first-order valence-electron chi connectivity index (χ1n) is 3.14. The van der Waals surface area contributed by atoms with Gasteiger partial charge < -0.3 is 8.88 Å². The molecule has 0 N–H and O–H groups in total. The van der Waals surface area contributed by atoms with Crippen LogP contribution in [0.2, 0.25) is 0 Å². The maximum absolute atomic E-state index is 4.96. The Morgan fingerprint density at radius 1 is 1.00 bits per heavy atom. The lowest BCUT2D eigenvalue weighted by atomic mass is 9.80. The van der Waals surface area contributed by atoms with Gasteiger partial charge in [0, 0.05) is 0 Å². The van der Waals surface area contributed by atoms with Gasteiger partial charge in [-0.1, -0.05) is 30.3 Å². The van der Waals surface area contributed by atoms with Crippen molar-refractivity contribution in [3.8, 4) is 0 Å². The SMILES string of the molecule is POB(OP)c1ccccc1. The lowest BCUT2D eigenvalue weighted by Gasteiger charge is -2.06. The summed E-state index contributed by atoms with van der Waals surface area (Å²) in [5, 5.41) is 0. The van der Waals surface area contributed by atoms with Crippen LogP contribution in [0, 0.1) is 0 Å². The third-order valence-corrected chi connectivity index (χ3v) is 1.81. The first kappa shape index (κ1) is 9.16. The molecule has 0 saturated heterocycles. The molecule has 1 aromatic rings. The molecule has 0 radical (unpaired) electrons. The van der Waals surface area contributed by atoms with E-state index in [1.54, 1.807) is 0 Å². The van der Waals surface area contributed by atoms with Crippen LogP contribution in [0.3, 0.4) is 0 Å². The minimum atomic E-state index is -0.314. The predicted octanol–water partition coefficient (Wildman–Crippen LogP) is 0.995. The molecule has 0 spiro atoms. The molecule has 58 valence electrons. The normalized spacial score (nSPS) is 9.64. The van der Waals surface area contributed by atoms with Crippen molar-refractivity contribution in [1.29, 1.82) is 0 Å². The minimum absolute atomic E-state index is 0.314. The molecule has 0 heterocycles. The summed E-state index contributed by atoms with van der Waals surface area (Å²) >= 11 is 0. The van der Waals surface area contributed by atoms with Crippen molar-refractivity contribution in [2.45, 2.75) is 0 Å². The predicted molar refractivity (Wildman–Crippen MR) is 53.4 cm³/mol. The summed E-state index contributed by atoms with van der Waals surface area (Å²) in [7, 11) is 4.03. The van der Waals surface area contributed by atoms with Crippen LogP contribution in [0.4, 0.5) is 0 Å². The van der Waals surface area contributed by atoms with Crippen LogP contribution >= 0.6 is 18.9 Å². The second-order valence-corrected chi connectivity index (χ2v) is 2.56. The van der Waals surface area contributed by atoms with Crippen molar-refractivity contribution < 1.29 is 8.88 Å². The van der Waals surface area contributed by atoms with E-state index >= 15 is 0 Å². The van der Waals surface area contributed by atoms with Gasteiger partial charge in [0.1, 0.15) is 0 Å². The summed E-state index contributed by atoms with van der Waals surface area (Å²) in [6, 6.07) is 9.72. The van der Waals surface area contributed by atoms with Crippen molar-refractivity contribution in [2.24, 2.45) is 0 Å². The maximum Gasteiger partial charge on any atom is 0.499 e. The Kier molecular flexibility index (Phi) is 4.03. The molecule has 1 aromatic carbocycles. The summed E-state index contributed by atoms with van der Waals surface area (Å²) in [4.78, 5) is 0. The van der Waals surface area contributed by atoms with E-state index in [0.717, 1.165) is 5.46 Å². The largest absolute Gasteiger partial charge is 0.499 e. The maximum atomic E-state index is 4.96. The van der Waals surface area contributed by atoms with Crippen LogP contribution in [-0.2, 0) is 8.88 Å². The van der Waals surface area contributed by atoms with Gasteiger partial charge in [0.15, 0.2) is 0 Å². The Hall–Kier alpha value is 0.0649. The van der Waals surface area contributed by atoms with E-state index in [9.17, 15) is 0 Å². The van der Waals surface area contributed by atoms with Gasteiger partial charge in [0.25, 0.3) is 0 Å². The zero-order valence-corrected chi connectivity index (χ0v) is 8.24. The van der Waals surface area contributed by atoms with E-state index in [1.165, 1.54) is 0 Å². The average Bonchev–Trinajstić information content (AvgIpc) is 2.09. The first-order chi connectivity index (χ1) is 5.38. The highest BCUT2D eigenvalue weighted by Crippen LogP contribution is 2.00. The number of hydrogen-bond donors (Lipinski definition) is 0. The summed E-state index contributed by atoms with van der Waals surface area (Å²) in [5.41, 5.74) is 0.998. The monoisotopic (exact) mass is 186 g/mol. The van der Waals surface area contributed by atoms with E-state index in [2.05, 4.69) is 18.9 Å².